The summed E-state index contributed by atoms with van der Waals surface area (Å²) in [7, 11) is 0. The Hall–Kier alpha value is -3.53. The van der Waals surface area contributed by atoms with Crippen molar-refractivity contribution in [3.05, 3.63) is 59.7 Å². The number of carbonyl (C=O) groups excluding carboxylic acids is 2. The number of rotatable bonds is 4. The molecule has 0 radical (unpaired) electrons. The van der Waals surface area contributed by atoms with Crippen molar-refractivity contribution >= 4 is 11.8 Å². The van der Waals surface area contributed by atoms with E-state index in [4.69, 9.17) is 14.7 Å². The van der Waals surface area contributed by atoms with E-state index in [9.17, 15) is 9.59 Å². The van der Waals surface area contributed by atoms with Gasteiger partial charge in [0.15, 0.2) is 12.7 Å². The van der Waals surface area contributed by atoms with Crippen LogP contribution in [0.25, 0.3) is 0 Å². The van der Waals surface area contributed by atoms with Crippen LogP contribution < -0.4 is 20.3 Å². The molecule has 0 unspecified atom stereocenters. The maximum Gasteiger partial charge on any atom is 0.279 e. The number of benzene rings is 2. The van der Waals surface area contributed by atoms with Crippen LogP contribution in [-0.4, -0.2) is 24.5 Å². The molecule has 0 bridgehead atoms. The highest BCUT2D eigenvalue weighted by Crippen LogP contribution is 2.27. The third-order valence-corrected chi connectivity index (χ3v) is 3.62. The topological polar surface area (TPSA) is 100 Å². The fourth-order valence-electron chi connectivity index (χ4n) is 2.35. The Balaban J connectivity index is 1.42. The summed E-state index contributed by atoms with van der Waals surface area (Å²) in [5, 5.41) is 8.71. The molecule has 0 saturated heterocycles. The van der Waals surface area contributed by atoms with Crippen molar-refractivity contribution in [3.8, 4) is 17.6 Å². The summed E-state index contributed by atoms with van der Waals surface area (Å²) in [6.07, 6.45) is -0.211. The molecule has 2 N–H and O–H groups in total. The van der Waals surface area contributed by atoms with E-state index < -0.39 is 17.9 Å². The smallest absolute Gasteiger partial charge is 0.279 e. The van der Waals surface area contributed by atoms with Gasteiger partial charge in [0.2, 0.25) is 0 Å². The molecule has 2 aromatic carbocycles. The van der Waals surface area contributed by atoms with E-state index in [0.29, 0.717) is 23.5 Å². The van der Waals surface area contributed by atoms with E-state index in [0.717, 1.165) is 5.56 Å². The Bertz CT molecular complexity index is 802. The summed E-state index contributed by atoms with van der Waals surface area (Å²) in [5.41, 5.74) is 6.07. The van der Waals surface area contributed by atoms with Gasteiger partial charge in [-0.3, -0.25) is 20.4 Å². The Morgan fingerprint density at radius 3 is 2.64 bits per heavy atom. The van der Waals surface area contributed by atoms with Gasteiger partial charge in [0.05, 0.1) is 11.6 Å². The number of nitriles is 1. The van der Waals surface area contributed by atoms with Gasteiger partial charge in [-0.2, -0.15) is 5.26 Å². The standard InChI is InChI=1S/C18H15N3O4/c19-10-12-5-7-14(8-6-12)24-11-17(22)20-21-18(23)16-9-13-3-1-2-4-15(13)25-16/h1-8,16H,9,11H2,(H,20,22)(H,21,23)/t16-/m1/s1. The molecule has 2 amide bonds. The molecule has 126 valence electrons. The zero-order valence-corrected chi connectivity index (χ0v) is 13.2. The summed E-state index contributed by atoms with van der Waals surface area (Å²) in [6, 6.07) is 15.8. The number of amides is 2. The fraction of sp³-hybridized carbons (Fsp3) is 0.167. The molecule has 25 heavy (non-hydrogen) atoms. The van der Waals surface area contributed by atoms with Crippen molar-refractivity contribution in [3.63, 3.8) is 0 Å². The van der Waals surface area contributed by atoms with Crippen LogP contribution in [0.2, 0.25) is 0 Å². The van der Waals surface area contributed by atoms with Crippen LogP contribution in [0.4, 0.5) is 0 Å². The normalized spacial score (nSPS) is 14.6. The second-order valence-electron chi connectivity index (χ2n) is 5.38. The number of hydrogen-bond acceptors (Lipinski definition) is 5. The number of nitrogens with one attached hydrogen (secondary N) is 2. The number of fused-ring (bicyclic) bond motifs is 1. The van der Waals surface area contributed by atoms with Crippen LogP contribution in [0.5, 0.6) is 11.5 Å². The second-order valence-corrected chi connectivity index (χ2v) is 5.38. The molecule has 3 rings (SSSR count). The van der Waals surface area contributed by atoms with E-state index in [2.05, 4.69) is 10.9 Å². The highest BCUT2D eigenvalue weighted by atomic mass is 16.5. The minimum Gasteiger partial charge on any atom is -0.484 e. The first-order chi connectivity index (χ1) is 12.2. The number of ether oxygens (including phenoxy) is 2. The van der Waals surface area contributed by atoms with Crippen LogP contribution in [-0.2, 0) is 16.0 Å². The van der Waals surface area contributed by atoms with Crippen LogP contribution >= 0.6 is 0 Å². The van der Waals surface area contributed by atoms with Crippen molar-refractivity contribution in [2.45, 2.75) is 12.5 Å². The zero-order valence-electron chi connectivity index (χ0n) is 13.2. The second kappa shape index (κ2) is 7.36. The van der Waals surface area contributed by atoms with Gasteiger partial charge in [0.25, 0.3) is 11.8 Å². The first-order valence-corrected chi connectivity index (χ1v) is 7.62. The Labute approximate surface area is 144 Å². The van der Waals surface area contributed by atoms with E-state index in [1.165, 1.54) is 0 Å². The molecule has 0 fully saturated rings. The average Bonchev–Trinajstić information content (AvgIpc) is 3.09. The van der Waals surface area contributed by atoms with Gasteiger partial charge in [-0.05, 0) is 35.9 Å². The fourth-order valence-corrected chi connectivity index (χ4v) is 2.35. The molecule has 0 aliphatic carbocycles. The molecule has 2 aromatic rings. The number of para-hydroxylation sites is 1. The lowest BCUT2D eigenvalue weighted by molar-refractivity contribution is -0.133. The van der Waals surface area contributed by atoms with E-state index in [1.807, 2.05) is 24.3 Å². The van der Waals surface area contributed by atoms with Crippen LogP contribution in [0.1, 0.15) is 11.1 Å². The third kappa shape index (κ3) is 4.06. The molecule has 1 aliphatic rings. The molecule has 7 heteroatoms. The molecular formula is C18H15N3O4. The Morgan fingerprint density at radius 2 is 1.92 bits per heavy atom. The van der Waals surface area contributed by atoms with Crippen molar-refractivity contribution in [2.75, 3.05) is 6.61 Å². The van der Waals surface area contributed by atoms with Gasteiger partial charge in [0.1, 0.15) is 11.5 Å². The lowest BCUT2D eigenvalue weighted by Gasteiger charge is -2.12. The summed E-state index contributed by atoms with van der Waals surface area (Å²) >= 11 is 0. The molecule has 7 nitrogen and oxygen atoms in total. The molecule has 0 aromatic heterocycles. The molecule has 0 spiro atoms. The first kappa shape index (κ1) is 16.3. The molecular weight excluding hydrogens is 322 g/mol. The quantitative estimate of drug-likeness (QED) is 0.814. The predicted octanol–water partition coefficient (Wildman–Crippen LogP) is 1.09. The highest BCUT2D eigenvalue weighted by molar-refractivity contribution is 5.86. The van der Waals surface area contributed by atoms with Gasteiger partial charge in [-0.15, -0.1) is 0 Å². The monoisotopic (exact) mass is 337 g/mol. The summed E-state index contributed by atoms with van der Waals surface area (Å²) in [5.74, 6) is 0.198. The Kier molecular flexibility index (Phi) is 4.81. The third-order valence-electron chi connectivity index (χ3n) is 3.62. The number of hydrazine groups is 1. The van der Waals surface area contributed by atoms with E-state index in [1.54, 1.807) is 30.3 Å². The van der Waals surface area contributed by atoms with Crippen molar-refractivity contribution in [1.82, 2.24) is 10.9 Å². The molecule has 1 aliphatic heterocycles. The largest absolute Gasteiger partial charge is 0.484 e. The highest BCUT2D eigenvalue weighted by Gasteiger charge is 2.28. The summed E-state index contributed by atoms with van der Waals surface area (Å²) in [4.78, 5) is 23.8. The van der Waals surface area contributed by atoms with Crippen LogP contribution in [0.3, 0.4) is 0 Å². The lowest BCUT2D eigenvalue weighted by Crippen LogP contribution is -2.49. The van der Waals surface area contributed by atoms with E-state index in [-0.39, 0.29) is 6.61 Å². The van der Waals surface area contributed by atoms with E-state index >= 15 is 0 Å². The van der Waals surface area contributed by atoms with Crippen molar-refractivity contribution in [2.24, 2.45) is 0 Å². The average molecular weight is 337 g/mol. The van der Waals surface area contributed by atoms with Crippen molar-refractivity contribution < 1.29 is 19.1 Å². The minimum absolute atomic E-state index is 0.266. The van der Waals surface area contributed by atoms with Crippen molar-refractivity contribution in [1.29, 1.82) is 5.26 Å². The number of hydrogen-bond donors (Lipinski definition) is 2. The van der Waals surface area contributed by atoms with Gasteiger partial charge >= 0.3 is 0 Å². The summed E-state index contributed by atoms with van der Waals surface area (Å²) in [6.45, 7) is -0.266. The van der Waals surface area contributed by atoms with Crippen LogP contribution in [0.15, 0.2) is 48.5 Å². The van der Waals surface area contributed by atoms with Gasteiger partial charge in [0, 0.05) is 6.42 Å². The van der Waals surface area contributed by atoms with Gasteiger partial charge in [-0.25, -0.2) is 0 Å². The number of nitrogens with zero attached hydrogens (tertiary/aromatic N) is 1. The van der Waals surface area contributed by atoms with Gasteiger partial charge < -0.3 is 9.47 Å². The molecule has 0 saturated carbocycles. The van der Waals surface area contributed by atoms with Crippen LogP contribution in [0, 0.1) is 11.3 Å². The maximum atomic E-state index is 12.0. The van der Waals surface area contributed by atoms with Gasteiger partial charge in [-0.1, -0.05) is 18.2 Å². The molecule has 1 atom stereocenters. The minimum atomic E-state index is -0.669. The molecule has 1 heterocycles. The SMILES string of the molecule is N#Cc1ccc(OCC(=O)NNC(=O)[C@H]2Cc3ccccc3O2)cc1. The predicted molar refractivity (Wildman–Crippen MR) is 87.5 cm³/mol. The lowest BCUT2D eigenvalue weighted by atomic mass is 10.1. The zero-order chi connectivity index (χ0) is 17.6. The Morgan fingerprint density at radius 1 is 1.16 bits per heavy atom. The number of carbonyl (C=O) groups is 2. The maximum absolute atomic E-state index is 12.0. The first-order valence-electron chi connectivity index (χ1n) is 7.62. The summed E-state index contributed by atoms with van der Waals surface area (Å²) < 4.78 is 10.8.